The Kier molecular flexibility index (Phi) is 4.32. The number of rotatable bonds is 1. The molecule has 0 spiro atoms. The van der Waals surface area contributed by atoms with E-state index in [1.165, 1.54) is 43.1 Å². The molecule has 8 aromatic carbocycles. The summed E-state index contributed by atoms with van der Waals surface area (Å²) in [6.45, 7) is 0. The van der Waals surface area contributed by atoms with Crippen LogP contribution in [0, 0.1) is 0 Å². The molecule has 0 saturated carbocycles. The largest absolute Gasteiger partial charge is 0.456 e. The van der Waals surface area contributed by atoms with Crippen LogP contribution in [0.15, 0.2) is 148 Å². The molecule has 0 aliphatic rings. The Bertz CT molecular complexity index is 3040. The Morgan fingerprint density at radius 1 is 0.356 bits per heavy atom. The van der Waals surface area contributed by atoms with Crippen LogP contribution in [0.4, 0.5) is 0 Å². The summed E-state index contributed by atoms with van der Waals surface area (Å²) in [6.07, 6.45) is 0. The summed E-state index contributed by atoms with van der Waals surface area (Å²) >= 11 is 0. The van der Waals surface area contributed by atoms with E-state index in [-0.39, 0.29) is 0 Å². The highest BCUT2D eigenvalue weighted by Crippen LogP contribution is 2.50. The van der Waals surface area contributed by atoms with Crippen molar-refractivity contribution in [1.82, 2.24) is 4.57 Å². The molecule has 0 aliphatic carbocycles. The predicted octanol–water partition coefficient (Wildman–Crippen LogP) is 12.0. The molecule has 0 unspecified atom stereocenters. The Morgan fingerprint density at radius 2 is 0.889 bits per heavy atom. The van der Waals surface area contributed by atoms with Gasteiger partial charge >= 0.3 is 0 Å². The molecule has 0 atom stereocenters. The number of hydrogen-bond acceptors (Lipinski definition) is 2. The first-order chi connectivity index (χ1) is 22.3. The molecule has 0 aliphatic heterocycles. The number of hydrogen-bond donors (Lipinski definition) is 0. The van der Waals surface area contributed by atoms with Crippen molar-refractivity contribution in [3.8, 4) is 5.69 Å². The van der Waals surface area contributed by atoms with Gasteiger partial charge in [-0.15, -0.1) is 0 Å². The van der Waals surface area contributed by atoms with E-state index in [9.17, 15) is 0 Å². The Balaban J connectivity index is 1.47. The fourth-order valence-corrected chi connectivity index (χ4v) is 7.95. The summed E-state index contributed by atoms with van der Waals surface area (Å²) in [5, 5.41) is 14.5. The molecule has 3 heterocycles. The molecule has 208 valence electrons. The zero-order valence-electron chi connectivity index (χ0n) is 24.0. The summed E-state index contributed by atoms with van der Waals surface area (Å²) in [7, 11) is 0. The number of nitrogens with zero attached hydrogens (tertiary/aromatic N) is 1. The van der Waals surface area contributed by atoms with Crippen molar-refractivity contribution in [2.45, 2.75) is 0 Å². The first-order valence-electron chi connectivity index (χ1n) is 15.4. The molecule has 3 heteroatoms. The van der Waals surface area contributed by atoms with Crippen LogP contribution in [0.3, 0.4) is 0 Å². The molecule has 0 saturated heterocycles. The fraction of sp³-hybridized carbons (Fsp3) is 0. The first kappa shape index (κ1) is 23.4. The van der Waals surface area contributed by atoms with Crippen LogP contribution < -0.4 is 0 Å². The SMILES string of the molecule is c1ccc2c(c1)oc1ccc(-n3c4ccccc4c4c5c6ccccc6c6ccccc6c5c5c6ccccc6oc5c43)cc12. The summed E-state index contributed by atoms with van der Waals surface area (Å²) in [6, 6.07) is 49.7. The second kappa shape index (κ2) is 8.31. The third-order valence-electron chi connectivity index (χ3n) is 9.74. The van der Waals surface area contributed by atoms with Crippen LogP contribution in [0.25, 0.3) is 104 Å². The lowest BCUT2D eigenvalue weighted by Gasteiger charge is -2.14. The molecule has 0 radical (unpaired) electrons. The van der Waals surface area contributed by atoms with Gasteiger partial charge in [-0.3, -0.25) is 0 Å². The Morgan fingerprint density at radius 3 is 1.62 bits per heavy atom. The van der Waals surface area contributed by atoms with E-state index in [1.54, 1.807) is 0 Å². The molecule has 3 nitrogen and oxygen atoms in total. The molecule has 0 amide bonds. The number of aromatic nitrogens is 1. The fourth-order valence-electron chi connectivity index (χ4n) is 7.95. The van der Waals surface area contributed by atoms with E-state index < -0.39 is 0 Å². The summed E-state index contributed by atoms with van der Waals surface area (Å²) in [4.78, 5) is 0. The van der Waals surface area contributed by atoms with Crippen molar-refractivity contribution in [3.05, 3.63) is 140 Å². The van der Waals surface area contributed by atoms with Crippen molar-refractivity contribution in [2.75, 3.05) is 0 Å². The number of benzene rings is 8. The molecule has 0 bridgehead atoms. The molecule has 3 aromatic heterocycles. The average molecular weight is 574 g/mol. The topological polar surface area (TPSA) is 31.2 Å². The van der Waals surface area contributed by atoms with Crippen LogP contribution in [0.1, 0.15) is 0 Å². The minimum Gasteiger partial charge on any atom is -0.456 e. The van der Waals surface area contributed by atoms with Gasteiger partial charge in [-0.1, -0.05) is 103 Å². The molecule has 45 heavy (non-hydrogen) atoms. The van der Waals surface area contributed by atoms with Gasteiger partial charge in [0.25, 0.3) is 0 Å². The lowest BCUT2D eigenvalue weighted by atomic mass is 9.89. The number of fused-ring (bicyclic) bond motifs is 18. The summed E-state index contributed by atoms with van der Waals surface area (Å²) < 4.78 is 15.6. The summed E-state index contributed by atoms with van der Waals surface area (Å²) in [5.41, 5.74) is 6.90. The van der Waals surface area contributed by atoms with Gasteiger partial charge in [0.15, 0.2) is 5.58 Å². The second-order valence-corrected chi connectivity index (χ2v) is 12.0. The second-order valence-electron chi connectivity index (χ2n) is 12.0. The van der Waals surface area contributed by atoms with Gasteiger partial charge in [0.1, 0.15) is 16.7 Å². The zero-order chi connectivity index (χ0) is 29.2. The maximum atomic E-state index is 6.93. The van der Waals surface area contributed by atoms with Crippen molar-refractivity contribution in [1.29, 1.82) is 0 Å². The highest BCUT2D eigenvalue weighted by Gasteiger charge is 2.25. The van der Waals surface area contributed by atoms with E-state index in [4.69, 9.17) is 8.83 Å². The summed E-state index contributed by atoms with van der Waals surface area (Å²) in [5.74, 6) is 0. The van der Waals surface area contributed by atoms with E-state index in [1.807, 2.05) is 12.1 Å². The van der Waals surface area contributed by atoms with Gasteiger partial charge in [-0.25, -0.2) is 0 Å². The van der Waals surface area contributed by atoms with Crippen LogP contribution >= 0.6 is 0 Å². The van der Waals surface area contributed by atoms with Crippen LogP contribution in [-0.2, 0) is 0 Å². The quantitative estimate of drug-likeness (QED) is 0.183. The van der Waals surface area contributed by atoms with E-state index in [0.29, 0.717) is 0 Å². The van der Waals surface area contributed by atoms with Crippen LogP contribution in [-0.4, -0.2) is 4.57 Å². The molecular formula is C42H23NO2. The van der Waals surface area contributed by atoms with Gasteiger partial charge in [0, 0.05) is 48.8 Å². The maximum absolute atomic E-state index is 6.93. The van der Waals surface area contributed by atoms with E-state index in [0.717, 1.165) is 60.6 Å². The van der Waals surface area contributed by atoms with Crippen molar-refractivity contribution in [3.63, 3.8) is 0 Å². The van der Waals surface area contributed by atoms with Gasteiger partial charge in [0.05, 0.1) is 11.0 Å². The highest BCUT2D eigenvalue weighted by atomic mass is 16.3. The van der Waals surface area contributed by atoms with Gasteiger partial charge in [0.2, 0.25) is 0 Å². The maximum Gasteiger partial charge on any atom is 0.160 e. The third-order valence-corrected chi connectivity index (χ3v) is 9.74. The van der Waals surface area contributed by atoms with Crippen LogP contribution in [0.2, 0.25) is 0 Å². The highest BCUT2D eigenvalue weighted by molar-refractivity contribution is 6.44. The van der Waals surface area contributed by atoms with E-state index >= 15 is 0 Å². The third kappa shape index (κ3) is 2.90. The molecule has 11 aromatic rings. The minimum atomic E-state index is 0.887. The Hall–Kier alpha value is -6.06. The van der Waals surface area contributed by atoms with Crippen molar-refractivity contribution in [2.24, 2.45) is 0 Å². The number of furan rings is 2. The lowest BCUT2D eigenvalue weighted by molar-refractivity contribution is 0.669. The molecule has 0 fully saturated rings. The molecular weight excluding hydrogens is 550 g/mol. The normalized spacial score (nSPS) is 12.4. The van der Waals surface area contributed by atoms with Gasteiger partial charge < -0.3 is 13.4 Å². The van der Waals surface area contributed by atoms with Crippen molar-refractivity contribution >= 4 is 98.0 Å². The Labute approximate surface area is 256 Å². The smallest absolute Gasteiger partial charge is 0.160 e. The van der Waals surface area contributed by atoms with Gasteiger partial charge in [-0.05, 0) is 57.9 Å². The minimum absolute atomic E-state index is 0.887. The predicted molar refractivity (Wildman–Crippen MR) is 188 cm³/mol. The monoisotopic (exact) mass is 573 g/mol. The number of para-hydroxylation sites is 3. The van der Waals surface area contributed by atoms with Gasteiger partial charge in [-0.2, -0.15) is 0 Å². The first-order valence-corrected chi connectivity index (χ1v) is 15.4. The standard InChI is InChI=1S/C42H23NO2/c1-3-14-28-25(11-1)26-12-2-4-15-29(26)38-37(28)39-30-16-5-8-18-33(30)43(41(39)42-40(38)31-17-7-10-20-35(31)45-42)24-21-22-36-32(23-24)27-13-6-9-19-34(27)44-36/h1-23H. The van der Waals surface area contributed by atoms with E-state index in [2.05, 4.69) is 132 Å². The lowest BCUT2D eigenvalue weighted by Crippen LogP contribution is -1.94. The molecule has 11 rings (SSSR count). The van der Waals surface area contributed by atoms with Crippen LogP contribution in [0.5, 0.6) is 0 Å². The molecule has 0 N–H and O–H groups in total. The zero-order valence-corrected chi connectivity index (χ0v) is 24.0. The van der Waals surface area contributed by atoms with Crippen molar-refractivity contribution < 1.29 is 8.83 Å². The average Bonchev–Trinajstić information content (AvgIpc) is 3.78.